The molecular weight excluding hydrogens is 250 g/mol. The summed E-state index contributed by atoms with van der Waals surface area (Å²) in [6.07, 6.45) is 8.15. The van der Waals surface area contributed by atoms with Gasteiger partial charge in [0, 0.05) is 31.6 Å². The maximum atomic E-state index is 11.9. The molecule has 0 unspecified atom stereocenters. The van der Waals surface area contributed by atoms with Crippen molar-refractivity contribution in [3.8, 4) is 0 Å². The van der Waals surface area contributed by atoms with Crippen LogP contribution in [0.3, 0.4) is 0 Å². The molecule has 1 aromatic rings. The Kier molecular flexibility index (Phi) is 5.16. The van der Waals surface area contributed by atoms with Gasteiger partial charge in [0.15, 0.2) is 0 Å². The molecule has 20 heavy (non-hydrogen) atoms. The van der Waals surface area contributed by atoms with Crippen molar-refractivity contribution in [1.29, 1.82) is 0 Å². The molecule has 0 spiro atoms. The molecule has 0 bridgehead atoms. The predicted octanol–water partition coefficient (Wildman–Crippen LogP) is 3.05. The van der Waals surface area contributed by atoms with Crippen LogP contribution in [0.5, 0.6) is 0 Å². The third kappa shape index (κ3) is 4.08. The number of carbonyl (C=O) groups excluding carboxylic acids is 1. The molecule has 2 rings (SSSR count). The molecule has 1 saturated carbocycles. The highest BCUT2D eigenvalue weighted by molar-refractivity contribution is 5.94. The molecule has 4 nitrogen and oxygen atoms in total. The molecule has 1 amide bonds. The highest BCUT2D eigenvalue weighted by atomic mass is 16.2. The fraction of sp³-hybridized carbons (Fsp3) is 0.500. The van der Waals surface area contributed by atoms with Crippen molar-refractivity contribution < 1.29 is 4.79 Å². The molecular formula is C16H23N3O. The average Bonchev–Trinajstić information content (AvgIpc) is 2.48. The Hall–Kier alpha value is -1.84. The van der Waals surface area contributed by atoms with Gasteiger partial charge in [-0.3, -0.25) is 4.79 Å². The van der Waals surface area contributed by atoms with Gasteiger partial charge in [0.25, 0.3) is 5.91 Å². The fourth-order valence-electron chi connectivity index (χ4n) is 2.46. The van der Waals surface area contributed by atoms with E-state index in [1.165, 1.54) is 32.1 Å². The number of benzene rings is 1. The highest BCUT2D eigenvalue weighted by Crippen LogP contribution is 2.21. The van der Waals surface area contributed by atoms with E-state index >= 15 is 0 Å². The van der Waals surface area contributed by atoms with Crippen LogP contribution in [0.2, 0.25) is 0 Å². The highest BCUT2D eigenvalue weighted by Gasteiger charge is 2.11. The number of anilines is 1. The summed E-state index contributed by atoms with van der Waals surface area (Å²) in [5.74, 6) is 0.377. The van der Waals surface area contributed by atoms with Crippen LogP contribution in [0, 0.1) is 5.92 Å². The van der Waals surface area contributed by atoms with Crippen LogP contribution in [-0.2, 0) is 0 Å². The quantitative estimate of drug-likeness (QED) is 0.677. The Bertz CT molecular complexity index is 459. The molecule has 1 N–H and O–H groups in total. The molecule has 0 aliphatic heterocycles. The molecule has 0 saturated heterocycles. The number of rotatable bonds is 4. The lowest BCUT2D eigenvalue weighted by Crippen LogP contribution is -2.19. The lowest BCUT2D eigenvalue weighted by Gasteiger charge is -2.16. The molecule has 108 valence electrons. The monoisotopic (exact) mass is 273 g/mol. The van der Waals surface area contributed by atoms with Gasteiger partial charge in [-0.15, -0.1) is 0 Å². The zero-order valence-electron chi connectivity index (χ0n) is 12.3. The van der Waals surface area contributed by atoms with Crippen molar-refractivity contribution in [2.75, 3.05) is 19.0 Å². The number of hydrogen-bond acceptors (Lipinski definition) is 3. The van der Waals surface area contributed by atoms with Crippen molar-refractivity contribution in [2.45, 2.75) is 32.1 Å². The first-order valence-electron chi connectivity index (χ1n) is 7.28. The van der Waals surface area contributed by atoms with E-state index in [0.717, 1.165) is 5.69 Å². The largest absolute Gasteiger partial charge is 0.378 e. The van der Waals surface area contributed by atoms with E-state index in [9.17, 15) is 4.79 Å². The van der Waals surface area contributed by atoms with Gasteiger partial charge < -0.3 is 4.90 Å². The second-order valence-electron chi connectivity index (χ2n) is 5.56. The summed E-state index contributed by atoms with van der Waals surface area (Å²) in [6.45, 7) is 0. The number of nitrogens with zero attached hydrogens (tertiary/aromatic N) is 2. The Morgan fingerprint density at radius 2 is 1.85 bits per heavy atom. The normalized spacial score (nSPS) is 16.3. The van der Waals surface area contributed by atoms with Crippen molar-refractivity contribution in [2.24, 2.45) is 11.0 Å². The summed E-state index contributed by atoms with van der Waals surface area (Å²) in [6, 6.07) is 7.50. The number of hydrogen-bond donors (Lipinski definition) is 1. The molecule has 1 aliphatic rings. The second kappa shape index (κ2) is 7.08. The van der Waals surface area contributed by atoms with E-state index in [-0.39, 0.29) is 5.91 Å². The maximum absolute atomic E-state index is 11.9. The fourth-order valence-corrected chi connectivity index (χ4v) is 2.46. The summed E-state index contributed by atoms with van der Waals surface area (Å²) in [4.78, 5) is 13.9. The van der Waals surface area contributed by atoms with Crippen molar-refractivity contribution in [1.82, 2.24) is 5.43 Å². The summed E-state index contributed by atoms with van der Waals surface area (Å²) >= 11 is 0. The molecule has 0 radical (unpaired) electrons. The molecule has 1 aliphatic carbocycles. The van der Waals surface area contributed by atoms with Crippen LogP contribution in [0.15, 0.2) is 29.4 Å². The van der Waals surface area contributed by atoms with Gasteiger partial charge in [0.1, 0.15) is 0 Å². The first-order chi connectivity index (χ1) is 9.66. The van der Waals surface area contributed by atoms with Gasteiger partial charge in [0.05, 0.1) is 0 Å². The summed E-state index contributed by atoms with van der Waals surface area (Å²) in [5.41, 5.74) is 4.32. The summed E-state index contributed by atoms with van der Waals surface area (Å²) in [7, 11) is 3.95. The van der Waals surface area contributed by atoms with Crippen LogP contribution in [0.25, 0.3) is 0 Å². The van der Waals surface area contributed by atoms with Crippen LogP contribution < -0.4 is 10.3 Å². The summed E-state index contributed by atoms with van der Waals surface area (Å²) in [5, 5.41) is 4.09. The van der Waals surface area contributed by atoms with E-state index in [4.69, 9.17) is 0 Å². The van der Waals surface area contributed by atoms with Gasteiger partial charge in [-0.2, -0.15) is 5.10 Å². The zero-order valence-corrected chi connectivity index (χ0v) is 12.3. The number of hydrazone groups is 1. The zero-order chi connectivity index (χ0) is 14.4. The van der Waals surface area contributed by atoms with E-state index in [1.54, 1.807) is 0 Å². The van der Waals surface area contributed by atoms with E-state index < -0.39 is 0 Å². The lowest BCUT2D eigenvalue weighted by atomic mass is 9.90. The Morgan fingerprint density at radius 3 is 2.45 bits per heavy atom. The minimum absolute atomic E-state index is 0.151. The van der Waals surface area contributed by atoms with Crippen LogP contribution in [0.1, 0.15) is 42.5 Å². The van der Waals surface area contributed by atoms with Gasteiger partial charge in [-0.05, 0) is 43.0 Å². The smallest absolute Gasteiger partial charge is 0.271 e. The average molecular weight is 273 g/mol. The molecule has 0 aromatic heterocycles. The molecule has 0 atom stereocenters. The van der Waals surface area contributed by atoms with E-state index in [0.29, 0.717) is 11.5 Å². The summed E-state index contributed by atoms with van der Waals surface area (Å²) < 4.78 is 0. The molecule has 4 heteroatoms. The van der Waals surface area contributed by atoms with Crippen molar-refractivity contribution in [3.63, 3.8) is 0 Å². The van der Waals surface area contributed by atoms with Crippen LogP contribution in [0.4, 0.5) is 5.69 Å². The number of carbonyl (C=O) groups is 1. The van der Waals surface area contributed by atoms with Gasteiger partial charge in [0.2, 0.25) is 0 Å². The second-order valence-corrected chi connectivity index (χ2v) is 5.56. The predicted molar refractivity (Wildman–Crippen MR) is 83.3 cm³/mol. The molecule has 0 heterocycles. The van der Waals surface area contributed by atoms with Gasteiger partial charge in [-0.25, -0.2) is 5.43 Å². The lowest BCUT2D eigenvalue weighted by molar-refractivity contribution is 0.0955. The maximum Gasteiger partial charge on any atom is 0.271 e. The number of nitrogens with one attached hydrogen (secondary N) is 1. The van der Waals surface area contributed by atoms with E-state index in [1.807, 2.05) is 49.5 Å². The SMILES string of the molecule is CN(C)c1ccc(C(=O)N/N=C/C2CCCCC2)cc1. The van der Waals surface area contributed by atoms with Crippen LogP contribution in [-0.4, -0.2) is 26.2 Å². The number of amides is 1. The standard InChI is InChI=1S/C16H23N3O/c1-19(2)15-10-8-14(9-11-15)16(20)18-17-12-13-6-4-3-5-7-13/h8-13H,3-7H2,1-2H3,(H,18,20)/b17-12+. The van der Waals surface area contributed by atoms with E-state index in [2.05, 4.69) is 10.5 Å². The first kappa shape index (κ1) is 14.6. The minimum Gasteiger partial charge on any atom is -0.378 e. The van der Waals surface area contributed by atoms with Gasteiger partial charge >= 0.3 is 0 Å². The van der Waals surface area contributed by atoms with Crippen molar-refractivity contribution >= 4 is 17.8 Å². The van der Waals surface area contributed by atoms with Crippen LogP contribution >= 0.6 is 0 Å². The Labute approximate surface area is 120 Å². The Balaban J connectivity index is 1.86. The third-order valence-electron chi connectivity index (χ3n) is 3.75. The van der Waals surface area contributed by atoms with Gasteiger partial charge in [-0.1, -0.05) is 19.3 Å². The molecule has 1 fully saturated rings. The topological polar surface area (TPSA) is 44.7 Å². The molecule has 1 aromatic carbocycles. The first-order valence-corrected chi connectivity index (χ1v) is 7.28. The third-order valence-corrected chi connectivity index (χ3v) is 3.75. The minimum atomic E-state index is -0.151. The van der Waals surface area contributed by atoms with Crippen molar-refractivity contribution in [3.05, 3.63) is 29.8 Å². The Morgan fingerprint density at radius 1 is 1.20 bits per heavy atom.